The lowest BCUT2D eigenvalue weighted by Gasteiger charge is -2.32. The molecule has 0 saturated carbocycles. The summed E-state index contributed by atoms with van der Waals surface area (Å²) in [6, 6.07) is 19.3. The van der Waals surface area contributed by atoms with Crippen LogP contribution >= 0.6 is 15.9 Å². The molecule has 10 nitrogen and oxygen atoms in total. The summed E-state index contributed by atoms with van der Waals surface area (Å²) >= 11 is 3.34. The van der Waals surface area contributed by atoms with E-state index in [1.54, 1.807) is 12.3 Å². The normalized spacial score (nSPS) is 14.1. The second-order valence-electron chi connectivity index (χ2n) is 14.5. The average molecular weight is 795 g/mol. The lowest BCUT2D eigenvalue weighted by atomic mass is 9.93. The smallest absolute Gasteiger partial charge is 0.309 e. The van der Waals surface area contributed by atoms with E-state index in [4.69, 9.17) is 14.1 Å². The molecule has 276 valence electrons. The molecule has 1 aliphatic heterocycles. The first-order valence-corrected chi connectivity index (χ1v) is 18.4. The van der Waals surface area contributed by atoms with Gasteiger partial charge >= 0.3 is 5.97 Å². The molecule has 4 heterocycles. The number of piperidine rings is 1. The van der Waals surface area contributed by atoms with Crippen LogP contribution in [0.25, 0.3) is 44.7 Å². The van der Waals surface area contributed by atoms with Gasteiger partial charge in [0, 0.05) is 28.5 Å². The molecule has 54 heavy (non-hydrogen) atoms. The number of pyridine rings is 1. The first kappa shape index (κ1) is 37.0. The molecule has 0 spiro atoms. The number of esters is 1. The van der Waals surface area contributed by atoms with Crippen LogP contribution in [-0.2, 0) is 16.1 Å². The maximum Gasteiger partial charge on any atom is 0.309 e. The maximum absolute atomic E-state index is 13.8. The van der Waals surface area contributed by atoms with Crippen LogP contribution in [-0.4, -0.2) is 49.5 Å². The Morgan fingerprint density at radius 1 is 1.02 bits per heavy atom. The predicted molar refractivity (Wildman–Crippen MR) is 206 cm³/mol. The molecule has 0 atom stereocenters. The SMILES string of the molecule is Cc1c(Nc2nc(C(F)F)nc3cc(Br)cnc23)cccc1-c1cccc(-c2nc3cc(CN4CCC(C(=O)OC(C)(C)C)CC4)cc(C#N)c3o2)c1C. The molecular formula is C41H38BrF2N7O3. The van der Waals surface area contributed by atoms with Gasteiger partial charge in [-0.05, 0) is 135 Å². The summed E-state index contributed by atoms with van der Waals surface area (Å²) in [4.78, 5) is 32.3. The molecule has 1 saturated heterocycles. The van der Waals surface area contributed by atoms with E-state index >= 15 is 0 Å². The average Bonchev–Trinajstić information content (AvgIpc) is 3.55. The van der Waals surface area contributed by atoms with E-state index in [-0.39, 0.29) is 17.7 Å². The highest BCUT2D eigenvalue weighted by Crippen LogP contribution is 2.38. The topological polar surface area (TPSA) is 130 Å². The fraction of sp³-hybridized carbons (Fsp3) is 0.317. The van der Waals surface area contributed by atoms with Crippen LogP contribution in [0.4, 0.5) is 20.3 Å². The summed E-state index contributed by atoms with van der Waals surface area (Å²) in [6.07, 6.45) is 0.153. The van der Waals surface area contributed by atoms with Crippen LogP contribution in [0.2, 0.25) is 0 Å². The van der Waals surface area contributed by atoms with Crippen LogP contribution < -0.4 is 5.32 Å². The molecule has 0 aliphatic carbocycles. The molecule has 13 heteroatoms. The van der Waals surface area contributed by atoms with Crippen molar-refractivity contribution in [3.63, 3.8) is 0 Å². The van der Waals surface area contributed by atoms with Crippen LogP contribution in [0, 0.1) is 31.1 Å². The minimum Gasteiger partial charge on any atom is -0.460 e. The Morgan fingerprint density at radius 2 is 1.72 bits per heavy atom. The molecule has 3 aromatic heterocycles. The predicted octanol–water partition coefficient (Wildman–Crippen LogP) is 9.99. The van der Waals surface area contributed by atoms with Gasteiger partial charge in [-0.15, -0.1) is 0 Å². The zero-order valence-corrected chi connectivity index (χ0v) is 32.1. The highest BCUT2D eigenvalue weighted by atomic mass is 79.9. The Labute approximate surface area is 319 Å². The molecule has 0 radical (unpaired) electrons. The maximum atomic E-state index is 13.8. The number of fused-ring (bicyclic) bond motifs is 2. The van der Waals surface area contributed by atoms with Gasteiger partial charge in [0.2, 0.25) is 5.89 Å². The van der Waals surface area contributed by atoms with Gasteiger partial charge in [0.05, 0.1) is 17.0 Å². The summed E-state index contributed by atoms with van der Waals surface area (Å²) in [7, 11) is 0. The third-order valence-electron chi connectivity index (χ3n) is 9.56. The number of anilines is 2. The van der Waals surface area contributed by atoms with Crippen molar-refractivity contribution in [3.8, 4) is 28.7 Å². The molecular weight excluding hydrogens is 756 g/mol. The number of benzene rings is 3. The molecule has 6 aromatic rings. The Bertz CT molecular complexity index is 2450. The number of ether oxygens (including phenoxy) is 1. The zero-order chi connectivity index (χ0) is 38.3. The summed E-state index contributed by atoms with van der Waals surface area (Å²) in [5.41, 5.74) is 7.57. The van der Waals surface area contributed by atoms with Crippen molar-refractivity contribution in [2.24, 2.45) is 5.92 Å². The van der Waals surface area contributed by atoms with E-state index in [0.29, 0.717) is 50.3 Å². The van der Waals surface area contributed by atoms with Gasteiger partial charge in [0.1, 0.15) is 22.7 Å². The van der Waals surface area contributed by atoms with Gasteiger partial charge in [-0.25, -0.2) is 28.7 Å². The van der Waals surface area contributed by atoms with Gasteiger partial charge in [0.15, 0.2) is 17.2 Å². The molecule has 3 aromatic carbocycles. The Balaban J connectivity index is 1.15. The van der Waals surface area contributed by atoms with Gasteiger partial charge in [-0.1, -0.05) is 24.3 Å². The van der Waals surface area contributed by atoms with Crippen LogP contribution in [0.3, 0.4) is 0 Å². The summed E-state index contributed by atoms with van der Waals surface area (Å²) in [5.74, 6) is -0.271. The van der Waals surface area contributed by atoms with E-state index in [0.717, 1.165) is 59.3 Å². The summed E-state index contributed by atoms with van der Waals surface area (Å²) in [6.45, 7) is 11.7. The summed E-state index contributed by atoms with van der Waals surface area (Å²) in [5, 5.41) is 13.3. The van der Waals surface area contributed by atoms with Crippen molar-refractivity contribution in [2.75, 3.05) is 18.4 Å². The third kappa shape index (κ3) is 7.67. The van der Waals surface area contributed by atoms with Crippen molar-refractivity contribution in [1.82, 2.24) is 24.8 Å². The number of alkyl halides is 2. The van der Waals surface area contributed by atoms with Crippen LogP contribution in [0.15, 0.2) is 69.7 Å². The van der Waals surface area contributed by atoms with E-state index in [9.17, 15) is 18.8 Å². The minimum absolute atomic E-state index is 0.114. The fourth-order valence-electron chi connectivity index (χ4n) is 6.90. The molecule has 1 fully saturated rings. The van der Waals surface area contributed by atoms with Crippen molar-refractivity contribution in [1.29, 1.82) is 5.26 Å². The van der Waals surface area contributed by atoms with Crippen LogP contribution in [0.5, 0.6) is 0 Å². The number of likely N-dealkylation sites (tertiary alicyclic amines) is 1. The van der Waals surface area contributed by atoms with Gasteiger partial charge in [-0.2, -0.15) is 5.26 Å². The number of nitrogens with zero attached hydrogens (tertiary/aromatic N) is 6. The quantitative estimate of drug-likeness (QED) is 0.149. The van der Waals surface area contributed by atoms with Crippen molar-refractivity contribution in [3.05, 3.63) is 93.3 Å². The number of rotatable bonds is 8. The first-order valence-electron chi connectivity index (χ1n) is 17.6. The van der Waals surface area contributed by atoms with E-state index in [1.165, 1.54) is 0 Å². The number of hydrogen-bond donors (Lipinski definition) is 1. The van der Waals surface area contributed by atoms with Crippen molar-refractivity contribution in [2.45, 2.75) is 66.0 Å². The molecule has 1 N–H and O–H groups in total. The Kier molecular flexibility index (Phi) is 10.2. The molecule has 0 bridgehead atoms. The third-order valence-corrected chi connectivity index (χ3v) is 9.99. The van der Waals surface area contributed by atoms with E-state index in [1.807, 2.05) is 83.1 Å². The van der Waals surface area contributed by atoms with Gasteiger partial charge < -0.3 is 14.5 Å². The first-order chi connectivity index (χ1) is 25.8. The monoisotopic (exact) mass is 793 g/mol. The number of hydrogen-bond acceptors (Lipinski definition) is 10. The molecule has 1 aliphatic rings. The Hall–Kier alpha value is -5.32. The summed E-state index contributed by atoms with van der Waals surface area (Å²) < 4.78 is 40.1. The van der Waals surface area contributed by atoms with E-state index in [2.05, 4.69) is 47.2 Å². The number of halogens is 3. The zero-order valence-electron chi connectivity index (χ0n) is 30.5. The largest absolute Gasteiger partial charge is 0.460 e. The highest BCUT2D eigenvalue weighted by molar-refractivity contribution is 9.10. The Morgan fingerprint density at radius 3 is 2.43 bits per heavy atom. The fourth-order valence-corrected chi connectivity index (χ4v) is 7.22. The minimum atomic E-state index is -2.86. The standard InChI is InChI=1S/C41H38BrF2N7O3/c1-22-28(29-9-7-11-31(23(29)2)47-37-34-32(18-27(42)20-46-34)48-38(50-37)36(43)44)8-6-10-30(22)39-49-33-17-24(16-26(19-45)35(33)53-39)21-51-14-12-25(13-15-51)40(52)54-41(3,4)5/h6-11,16-18,20,25,36H,12-15,21H2,1-5H3,(H,47,48,50). The second-order valence-corrected chi connectivity index (χ2v) is 15.5. The number of carbonyl (C=O) groups excluding carboxylic acids is 1. The van der Waals surface area contributed by atoms with Gasteiger partial charge in [0.25, 0.3) is 6.43 Å². The van der Waals surface area contributed by atoms with Crippen molar-refractivity contribution >= 4 is 55.5 Å². The number of nitrogens with one attached hydrogen (secondary N) is 1. The number of nitriles is 1. The lowest BCUT2D eigenvalue weighted by molar-refractivity contribution is -0.161. The number of aromatic nitrogens is 4. The van der Waals surface area contributed by atoms with Crippen molar-refractivity contribution < 1.29 is 22.7 Å². The molecule has 0 amide bonds. The molecule has 0 unspecified atom stereocenters. The van der Waals surface area contributed by atoms with Crippen LogP contribution in [0.1, 0.15) is 68.1 Å². The second kappa shape index (κ2) is 14.8. The highest BCUT2D eigenvalue weighted by Gasteiger charge is 2.29. The number of oxazole rings is 1. The lowest BCUT2D eigenvalue weighted by Crippen LogP contribution is -2.38. The van der Waals surface area contributed by atoms with Gasteiger partial charge in [-0.3, -0.25) is 9.69 Å². The van der Waals surface area contributed by atoms with E-state index < -0.39 is 17.9 Å². The molecule has 7 rings (SSSR count). The number of carbonyl (C=O) groups is 1.